The lowest BCUT2D eigenvalue weighted by molar-refractivity contribution is 0.0580. The molecule has 0 aliphatic rings. The van der Waals surface area contributed by atoms with E-state index in [4.69, 9.17) is 13.6 Å². The molecule has 1 atom stereocenters. The van der Waals surface area contributed by atoms with Crippen LogP contribution in [-0.4, -0.2) is 35.0 Å². The summed E-state index contributed by atoms with van der Waals surface area (Å²) in [6.45, 7) is 3.10. The molecule has 0 radical (unpaired) electrons. The van der Waals surface area contributed by atoms with Crippen molar-refractivity contribution in [2.45, 2.75) is 26.1 Å². The first-order valence-electron chi connectivity index (χ1n) is 8.79. The molecule has 27 heavy (non-hydrogen) atoms. The molecular weight excluding hydrogens is 346 g/mol. The molecule has 0 aliphatic heterocycles. The summed E-state index contributed by atoms with van der Waals surface area (Å²) in [6.07, 6.45) is 2.54. The van der Waals surface area contributed by atoms with Crippen LogP contribution in [0.1, 0.15) is 28.8 Å². The minimum atomic E-state index is -0.712. The van der Waals surface area contributed by atoms with Crippen LogP contribution in [0.3, 0.4) is 0 Å². The molecule has 2 aromatic heterocycles. The first kappa shape index (κ1) is 18.9. The summed E-state index contributed by atoms with van der Waals surface area (Å²) in [7, 11) is 0. The molecule has 0 fully saturated rings. The van der Waals surface area contributed by atoms with Crippen molar-refractivity contribution in [2.75, 3.05) is 13.2 Å². The van der Waals surface area contributed by atoms with E-state index in [0.29, 0.717) is 30.9 Å². The van der Waals surface area contributed by atoms with Gasteiger partial charge in [0, 0.05) is 12.1 Å². The number of Topliss-reactive ketones (excluding diaryl/α,β-unsaturated/α-hetero) is 1. The topological polar surface area (TPSA) is 76.1 Å². The lowest BCUT2D eigenvalue weighted by Crippen LogP contribution is -2.34. The van der Waals surface area contributed by atoms with Crippen LogP contribution < -0.4 is 4.74 Å². The van der Waals surface area contributed by atoms with Crippen molar-refractivity contribution >= 4 is 5.78 Å². The molecule has 3 rings (SSSR count). The molecule has 0 aliphatic carbocycles. The zero-order valence-electron chi connectivity index (χ0n) is 15.2. The zero-order valence-corrected chi connectivity index (χ0v) is 15.2. The van der Waals surface area contributed by atoms with Gasteiger partial charge in [0.25, 0.3) is 0 Å². The van der Waals surface area contributed by atoms with Crippen LogP contribution in [0.25, 0.3) is 0 Å². The lowest BCUT2D eigenvalue weighted by Gasteiger charge is -2.23. The van der Waals surface area contributed by atoms with Gasteiger partial charge in [-0.3, -0.25) is 9.69 Å². The van der Waals surface area contributed by atoms with Gasteiger partial charge < -0.3 is 18.7 Å². The van der Waals surface area contributed by atoms with Gasteiger partial charge in [0.05, 0.1) is 25.6 Å². The van der Waals surface area contributed by atoms with Crippen LogP contribution in [-0.2, 0) is 13.1 Å². The van der Waals surface area contributed by atoms with Crippen LogP contribution >= 0.6 is 0 Å². The number of ether oxygens (including phenoxy) is 1. The Bertz CT molecular complexity index is 790. The Kier molecular flexibility index (Phi) is 6.46. The Labute approximate surface area is 158 Å². The highest BCUT2D eigenvalue weighted by Gasteiger charge is 2.16. The fraction of sp³-hybridized carbons (Fsp3) is 0.286. The number of aliphatic hydroxyl groups is 1. The van der Waals surface area contributed by atoms with Crippen molar-refractivity contribution in [1.29, 1.82) is 0 Å². The maximum Gasteiger partial charge on any atom is 0.159 e. The third-order valence-corrected chi connectivity index (χ3v) is 4.07. The van der Waals surface area contributed by atoms with Crippen molar-refractivity contribution in [3.8, 4) is 5.75 Å². The van der Waals surface area contributed by atoms with Gasteiger partial charge >= 0.3 is 0 Å². The largest absolute Gasteiger partial charge is 0.491 e. The van der Waals surface area contributed by atoms with Gasteiger partial charge in [0.15, 0.2) is 5.78 Å². The lowest BCUT2D eigenvalue weighted by atomic mass is 10.1. The van der Waals surface area contributed by atoms with Gasteiger partial charge in [-0.05, 0) is 43.3 Å². The van der Waals surface area contributed by atoms with Gasteiger partial charge in [-0.2, -0.15) is 0 Å². The molecular formula is C21H23NO5. The fourth-order valence-corrected chi connectivity index (χ4v) is 2.78. The van der Waals surface area contributed by atoms with Crippen molar-refractivity contribution in [3.63, 3.8) is 0 Å². The smallest absolute Gasteiger partial charge is 0.159 e. The first-order chi connectivity index (χ1) is 13.1. The number of furan rings is 2. The summed E-state index contributed by atoms with van der Waals surface area (Å²) in [5.74, 6) is 2.15. The second-order valence-electron chi connectivity index (χ2n) is 6.38. The first-order valence-corrected chi connectivity index (χ1v) is 8.79. The highest BCUT2D eigenvalue weighted by molar-refractivity contribution is 5.94. The van der Waals surface area contributed by atoms with Crippen LogP contribution in [0, 0.1) is 0 Å². The molecule has 2 heterocycles. The monoisotopic (exact) mass is 369 g/mol. The summed E-state index contributed by atoms with van der Waals surface area (Å²) in [5.41, 5.74) is 0.583. The summed E-state index contributed by atoms with van der Waals surface area (Å²) in [5, 5.41) is 10.4. The minimum Gasteiger partial charge on any atom is -0.491 e. The van der Waals surface area contributed by atoms with E-state index in [-0.39, 0.29) is 12.4 Å². The molecule has 0 saturated carbocycles. The quantitative estimate of drug-likeness (QED) is 0.551. The summed E-state index contributed by atoms with van der Waals surface area (Å²) in [6, 6.07) is 14.4. The highest BCUT2D eigenvalue weighted by atomic mass is 16.5. The van der Waals surface area contributed by atoms with E-state index in [1.165, 1.54) is 6.92 Å². The van der Waals surface area contributed by atoms with Crippen molar-refractivity contribution < 1.29 is 23.5 Å². The molecule has 0 saturated heterocycles. The number of ketones is 1. The maximum absolute atomic E-state index is 11.5. The standard InChI is InChI=1S/C21H23NO5/c1-16(23)17-5-2-6-19(11-17)27-15-18(24)12-22(13-20-7-3-9-25-20)14-21-8-4-10-26-21/h2-11,18,24H,12-15H2,1H3/t18-/m0/s1. The number of carbonyl (C=O) groups is 1. The van der Waals surface area contributed by atoms with E-state index in [9.17, 15) is 9.90 Å². The molecule has 3 aromatic rings. The molecule has 0 unspecified atom stereocenters. The van der Waals surface area contributed by atoms with E-state index in [1.807, 2.05) is 29.2 Å². The Morgan fingerprint density at radius 3 is 2.30 bits per heavy atom. The van der Waals surface area contributed by atoms with Crippen LogP contribution in [0.5, 0.6) is 5.75 Å². The second kappa shape index (κ2) is 9.21. The van der Waals surface area contributed by atoms with Gasteiger partial charge in [0.1, 0.15) is 30.0 Å². The van der Waals surface area contributed by atoms with Gasteiger partial charge in [-0.25, -0.2) is 0 Å². The average Bonchev–Trinajstić information content (AvgIpc) is 3.34. The van der Waals surface area contributed by atoms with E-state index in [1.54, 1.807) is 36.8 Å². The van der Waals surface area contributed by atoms with Gasteiger partial charge in [-0.15, -0.1) is 0 Å². The number of nitrogens with zero attached hydrogens (tertiary/aromatic N) is 1. The Morgan fingerprint density at radius 1 is 1.07 bits per heavy atom. The molecule has 6 nitrogen and oxygen atoms in total. The third-order valence-electron chi connectivity index (χ3n) is 4.07. The zero-order chi connectivity index (χ0) is 19.1. The molecule has 142 valence electrons. The van der Waals surface area contributed by atoms with Gasteiger partial charge in [0.2, 0.25) is 0 Å². The van der Waals surface area contributed by atoms with Crippen molar-refractivity contribution in [2.24, 2.45) is 0 Å². The number of rotatable bonds is 10. The molecule has 6 heteroatoms. The van der Waals surface area contributed by atoms with E-state index < -0.39 is 6.10 Å². The summed E-state index contributed by atoms with van der Waals surface area (Å²) < 4.78 is 16.5. The fourth-order valence-electron chi connectivity index (χ4n) is 2.78. The van der Waals surface area contributed by atoms with E-state index in [2.05, 4.69) is 0 Å². The van der Waals surface area contributed by atoms with Crippen LogP contribution in [0.2, 0.25) is 0 Å². The normalized spacial score (nSPS) is 12.3. The predicted molar refractivity (Wildman–Crippen MR) is 99.5 cm³/mol. The number of hydrogen-bond donors (Lipinski definition) is 1. The maximum atomic E-state index is 11.5. The number of benzene rings is 1. The molecule has 1 N–H and O–H groups in total. The highest BCUT2D eigenvalue weighted by Crippen LogP contribution is 2.15. The second-order valence-corrected chi connectivity index (χ2v) is 6.38. The van der Waals surface area contributed by atoms with Crippen molar-refractivity contribution in [1.82, 2.24) is 4.90 Å². The number of aliphatic hydroxyl groups excluding tert-OH is 1. The molecule has 0 spiro atoms. The van der Waals surface area contributed by atoms with E-state index >= 15 is 0 Å². The number of hydrogen-bond acceptors (Lipinski definition) is 6. The number of carbonyl (C=O) groups excluding carboxylic acids is 1. The summed E-state index contributed by atoms with van der Waals surface area (Å²) in [4.78, 5) is 13.5. The Hall–Kier alpha value is -2.83. The molecule has 1 aromatic carbocycles. The Morgan fingerprint density at radius 2 is 1.74 bits per heavy atom. The minimum absolute atomic E-state index is 0.0240. The summed E-state index contributed by atoms with van der Waals surface area (Å²) >= 11 is 0. The van der Waals surface area contributed by atoms with Crippen molar-refractivity contribution in [3.05, 3.63) is 78.1 Å². The average molecular weight is 369 g/mol. The van der Waals surface area contributed by atoms with Crippen LogP contribution in [0.4, 0.5) is 0 Å². The molecule has 0 bridgehead atoms. The Balaban J connectivity index is 1.57. The molecule has 0 amide bonds. The van der Waals surface area contributed by atoms with E-state index in [0.717, 1.165) is 11.5 Å². The predicted octanol–water partition coefficient (Wildman–Crippen LogP) is 3.52. The SMILES string of the molecule is CC(=O)c1cccc(OC[C@@H](O)CN(Cc2ccco2)Cc2ccco2)c1. The third kappa shape index (κ3) is 5.84. The van der Waals surface area contributed by atoms with Gasteiger partial charge in [-0.1, -0.05) is 12.1 Å². The van der Waals surface area contributed by atoms with Crippen LogP contribution in [0.15, 0.2) is 69.9 Å².